The number of aromatic nitrogens is 1. The van der Waals surface area contributed by atoms with Crippen LogP contribution < -0.4 is 15.0 Å². The number of ether oxygens (including phenoxy) is 1. The number of methoxy groups -OCH3 is 1. The van der Waals surface area contributed by atoms with Gasteiger partial charge in [0.1, 0.15) is 23.3 Å². The molecule has 1 aliphatic rings. The minimum Gasteiger partial charge on any atom is -0.495 e. The second-order valence-corrected chi connectivity index (χ2v) is 9.25. The molecule has 0 radical (unpaired) electrons. The Morgan fingerprint density at radius 2 is 1.82 bits per heavy atom. The molecule has 1 fully saturated rings. The van der Waals surface area contributed by atoms with Crippen LogP contribution in [0.15, 0.2) is 77.3 Å². The third kappa shape index (κ3) is 4.23. The lowest BCUT2D eigenvalue weighted by Crippen LogP contribution is -2.29. The zero-order chi connectivity index (χ0) is 23.8. The average Bonchev–Trinajstić information content (AvgIpc) is 3.46. The minimum absolute atomic E-state index is 0.248. The largest absolute Gasteiger partial charge is 0.495 e. The molecule has 4 aromatic rings. The van der Waals surface area contributed by atoms with E-state index in [9.17, 15) is 0 Å². The van der Waals surface area contributed by atoms with Crippen LogP contribution in [0, 0.1) is 0 Å². The lowest BCUT2D eigenvalue weighted by atomic mass is 10.0. The maximum atomic E-state index is 6.44. The van der Waals surface area contributed by atoms with Gasteiger partial charge in [0.2, 0.25) is 0 Å². The van der Waals surface area contributed by atoms with Crippen molar-refractivity contribution in [3.05, 3.63) is 99.4 Å². The fourth-order valence-corrected chi connectivity index (χ4v) is 4.94. The summed E-state index contributed by atoms with van der Waals surface area (Å²) < 4.78 is 11.7. The molecular weight excluding hydrogens is 513 g/mol. The number of anilines is 1. The van der Waals surface area contributed by atoms with E-state index in [1.807, 2.05) is 59.5 Å². The Kier molecular flexibility index (Phi) is 6.40. The van der Waals surface area contributed by atoms with Crippen molar-refractivity contribution in [2.24, 2.45) is 0 Å². The summed E-state index contributed by atoms with van der Waals surface area (Å²) in [5.74, 6) is 1.95. The Morgan fingerprint density at radius 1 is 0.971 bits per heavy atom. The molecule has 0 saturated carbocycles. The summed E-state index contributed by atoms with van der Waals surface area (Å²) >= 11 is 24.5. The number of nitrogens with zero attached hydrogens (tertiary/aromatic N) is 2. The molecule has 2 atom stereocenters. The highest BCUT2D eigenvalue weighted by Gasteiger charge is 2.42. The van der Waals surface area contributed by atoms with E-state index in [0.717, 1.165) is 16.9 Å². The third-order valence-electron chi connectivity index (χ3n) is 5.63. The van der Waals surface area contributed by atoms with Crippen LogP contribution in [0.1, 0.15) is 23.5 Å². The molecule has 0 amide bonds. The predicted octanol–water partition coefficient (Wildman–Crippen LogP) is 7.49. The van der Waals surface area contributed by atoms with Crippen LogP contribution in [-0.4, -0.2) is 17.2 Å². The summed E-state index contributed by atoms with van der Waals surface area (Å²) in [4.78, 5) is 6.55. The summed E-state index contributed by atoms with van der Waals surface area (Å²) in [6, 6.07) is 20.0. The van der Waals surface area contributed by atoms with E-state index >= 15 is 0 Å². The summed E-state index contributed by atoms with van der Waals surface area (Å²) in [7, 11) is 1.58. The predicted molar refractivity (Wildman–Crippen MR) is 140 cm³/mol. The third-order valence-corrected chi connectivity index (χ3v) is 6.98. The molecule has 2 aromatic carbocycles. The second kappa shape index (κ2) is 9.47. The number of pyridine rings is 1. The topological polar surface area (TPSA) is 50.5 Å². The van der Waals surface area contributed by atoms with E-state index in [1.54, 1.807) is 25.4 Å². The first-order valence-corrected chi connectivity index (χ1v) is 11.9. The monoisotopic (exact) mass is 529 g/mol. The lowest BCUT2D eigenvalue weighted by Gasteiger charge is -2.26. The molecule has 5 rings (SSSR count). The van der Waals surface area contributed by atoms with Crippen molar-refractivity contribution < 1.29 is 9.15 Å². The van der Waals surface area contributed by atoms with Gasteiger partial charge in [-0.3, -0.25) is 4.98 Å². The smallest absolute Gasteiger partial charge is 0.174 e. The summed E-state index contributed by atoms with van der Waals surface area (Å²) in [5.41, 5.74) is 2.46. The van der Waals surface area contributed by atoms with Crippen molar-refractivity contribution in [2.75, 3.05) is 12.0 Å². The number of nitrogens with one attached hydrogen (secondary N) is 1. The molecular formula is C25H18Cl3N3O2S. The number of rotatable bonds is 5. The lowest BCUT2D eigenvalue weighted by molar-refractivity contribution is 0.415. The Morgan fingerprint density at radius 3 is 2.53 bits per heavy atom. The van der Waals surface area contributed by atoms with E-state index in [1.165, 1.54) is 0 Å². The Balaban J connectivity index is 1.60. The van der Waals surface area contributed by atoms with Gasteiger partial charge in [-0.25, -0.2) is 0 Å². The standard InChI is InChI=1S/C25H18Cl3N3O2S/c1-32-21-8-6-15(13-18(21)28)31-24(23(30-25(31)34)19-4-2-3-11-29-19)22-10-9-20(33-22)14-5-7-16(26)17(27)12-14/h2-13,23-24H,1H3,(H,30,34)/t23-,24+/m0/s1. The van der Waals surface area contributed by atoms with Crippen LogP contribution in [0.2, 0.25) is 15.1 Å². The Labute approximate surface area is 217 Å². The highest BCUT2D eigenvalue weighted by Crippen LogP contribution is 2.44. The fraction of sp³-hybridized carbons (Fsp3) is 0.120. The molecule has 0 unspecified atom stereocenters. The van der Waals surface area contributed by atoms with Gasteiger partial charge in [-0.1, -0.05) is 40.9 Å². The molecule has 34 heavy (non-hydrogen) atoms. The van der Waals surface area contributed by atoms with Gasteiger partial charge in [-0.05, 0) is 72.9 Å². The second-order valence-electron chi connectivity index (χ2n) is 7.65. The average molecular weight is 531 g/mol. The number of halogens is 3. The fourth-order valence-electron chi connectivity index (χ4n) is 4.04. The first-order valence-electron chi connectivity index (χ1n) is 10.4. The van der Waals surface area contributed by atoms with Crippen LogP contribution in [0.3, 0.4) is 0 Å². The maximum absolute atomic E-state index is 6.44. The van der Waals surface area contributed by atoms with Crippen molar-refractivity contribution in [1.82, 2.24) is 10.3 Å². The Bertz CT molecular complexity index is 1360. The molecule has 172 valence electrons. The Hall–Kier alpha value is -2.77. The number of hydrogen-bond acceptors (Lipinski definition) is 4. The van der Waals surface area contributed by atoms with Gasteiger partial charge < -0.3 is 19.4 Å². The first kappa shape index (κ1) is 23.0. The normalized spacial score (nSPS) is 17.6. The zero-order valence-electron chi connectivity index (χ0n) is 17.8. The molecule has 1 saturated heterocycles. The summed E-state index contributed by atoms with van der Waals surface area (Å²) in [6.45, 7) is 0. The molecule has 1 aliphatic heterocycles. The van der Waals surface area contributed by atoms with E-state index in [0.29, 0.717) is 37.5 Å². The van der Waals surface area contributed by atoms with Gasteiger partial charge >= 0.3 is 0 Å². The van der Waals surface area contributed by atoms with Crippen LogP contribution >= 0.6 is 47.0 Å². The van der Waals surface area contributed by atoms with Gasteiger partial charge in [0.25, 0.3) is 0 Å². The van der Waals surface area contributed by atoms with E-state index in [-0.39, 0.29) is 12.1 Å². The van der Waals surface area contributed by atoms with Crippen molar-refractivity contribution in [1.29, 1.82) is 0 Å². The number of benzene rings is 2. The molecule has 9 heteroatoms. The highest BCUT2D eigenvalue weighted by molar-refractivity contribution is 7.80. The van der Waals surface area contributed by atoms with Crippen LogP contribution in [0.4, 0.5) is 5.69 Å². The van der Waals surface area contributed by atoms with Gasteiger partial charge in [-0.15, -0.1) is 0 Å². The molecule has 0 bridgehead atoms. The number of thiocarbonyl (C=S) groups is 1. The zero-order valence-corrected chi connectivity index (χ0v) is 20.9. The van der Waals surface area contributed by atoms with Crippen LogP contribution in [-0.2, 0) is 0 Å². The quantitative estimate of drug-likeness (QED) is 0.270. The van der Waals surface area contributed by atoms with Crippen molar-refractivity contribution >= 4 is 57.8 Å². The maximum Gasteiger partial charge on any atom is 0.174 e. The van der Waals surface area contributed by atoms with Crippen LogP contribution in [0.25, 0.3) is 11.3 Å². The van der Waals surface area contributed by atoms with Gasteiger partial charge in [0.15, 0.2) is 5.11 Å². The molecule has 1 N–H and O–H groups in total. The minimum atomic E-state index is -0.316. The SMILES string of the molecule is COc1ccc(N2C(=S)N[C@@H](c3ccccn3)[C@H]2c2ccc(-c3ccc(Cl)c(Cl)c3)o2)cc1Cl. The van der Waals surface area contributed by atoms with Crippen molar-refractivity contribution in [2.45, 2.75) is 12.1 Å². The molecule has 2 aromatic heterocycles. The van der Waals surface area contributed by atoms with Crippen molar-refractivity contribution in [3.63, 3.8) is 0 Å². The summed E-state index contributed by atoms with van der Waals surface area (Å²) in [5, 5.41) is 5.37. The molecule has 5 nitrogen and oxygen atoms in total. The van der Waals surface area contributed by atoms with Gasteiger partial charge in [-0.2, -0.15) is 0 Å². The van der Waals surface area contributed by atoms with Crippen molar-refractivity contribution in [3.8, 4) is 17.1 Å². The van der Waals surface area contributed by atoms with E-state index < -0.39 is 0 Å². The van der Waals surface area contributed by atoms with Gasteiger partial charge in [0, 0.05) is 17.4 Å². The number of furan rings is 1. The van der Waals surface area contributed by atoms with Gasteiger partial charge in [0.05, 0.1) is 33.9 Å². The molecule has 0 spiro atoms. The molecule has 0 aliphatic carbocycles. The highest BCUT2D eigenvalue weighted by atomic mass is 35.5. The summed E-state index contributed by atoms with van der Waals surface area (Å²) in [6.07, 6.45) is 1.76. The van der Waals surface area contributed by atoms with E-state index in [2.05, 4.69) is 10.3 Å². The van der Waals surface area contributed by atoms with Crippen LogP contribution in [0.5, 0.6) is 5.75 Å². The molecule has 3 heterocycles. The number of hydrogen-bond donors (Lipinski definition) is 1. The first-order chi connectivity index (χ1) is 16.5. The van der Waals surface area contributed by atoms with E-state index in [4.69, 9.17) is 56.2 Å².